The monoisotopic (exact) mass is 519 g/mol. The molecule has 0 atom stereocenters. The molecular formula is C30H37N3O5. The number of carbonyl (C=O) groups is 2. The van der Waals surface area contributed by atoms with Gasteiger partial charge >= 0.3 is 12.1 Å². The van der Waals surface area contributed by atoms with E-state index >= 15 is 0 Å². The molecule has 0 bridgehead atoms. The number of ether oxygens (including phenoxy) is 2. The number of hydrogen-bond acceptors (Lipinski definition) is 6. The van der Waals surface area contributed by atoms with Gasteiger partial charge in [0.1, 0.15) is 17.5 Å². The van der Waals surface area contributed by atoms with E-state index in [9.17, 15) is 9.59 Å². The number of piperidine rings is 1. The molecule has 2 aromatic carbocycles. The van der Waals surface area contributed by atoms with E-state index in [4.69, 9.17) is 19.8 Å². The quantitative estimate of drug-likeness (QED) is 0.428. The Morgan fingerprint density at radius 3 is 2.50 bits per heavy atom. The lowest BCUT2D eigenvalue weighted by Gasteiger charge is -2.33. The third-order valence-corrected chi connectivity index (χ3v) is 6.07. The lowest BCUT2D eigenvalue weighted by molar-refractivity contribution is -0.137. The maximum atomic E-state index is 12.3. The van der Waals surface area contributed by atoms with Crippen LogP contribution in [0.5, 0.6) is 5.75 Å². The summed E-state index contributed by atoms with van der Waals surface area (Å²) in [6.07, 6.45) is 5.83. The van der Waals surface area contributed by atoms with Crippen molar-refractivity contribution in [1.82, 2.24) is 4.90 Å². The van der Waals surface area contributed by atoms with Gasteiger partial charge in [-0.3, -0.25) is 4.79 Å². The fourth-order valence-corrected chi connectivity index (χ4v) is 4.19. The number of nitriles is 1. The lowest BCUT2D eigenvalue weighted by atomic mass is 10.1. The summed E-state index contributed by atoms with van der Waals surface area (Å²) in [4.78, 5) is 27.2. The Hall–Kier alpha value is -3.99. The van der Waals surface area contributed by atoms with Crippen LogP contribution in [0.25, 0.3) is 6.08 Å². The molecule has 0 radical (unpaired) electrons. The van der Waals surface area contributed by atoms with Gasteiger partial charge in [-0.2, -0.15) is 5.26 Å². The number of anilines is 1. The molecule has 1 fully saturated rings. The highest BCUT2D eigenvalue weighted by Crippen LogP contribution is 2.24. The van der Waals surface area contributed by atoms with Gasteiger partial charge in [-0.05, 0) is 69.2 Å². The summed E-state index contributed by atoms with van der Waals surface area (Å²) in [5, 5.41) is 18.2. The highest BCUT2D eigenvalue weighted by Gasteiger charge is 2.27. The Bertz CT molecular complexity index is 1140. The van der Waals surface area contributed by atoms with Crippen molar-refractivity contribution in [2.24, 2.45) is 0 Å². The molecule has 0 aromatic heterocycles. The molecule has 38 heavy (non-hydrogen) atoms. The molecule has 8 nitrogen and oxygen atoms in total. The van der Waals surface area contributed by atoms with Crippen LogP contribution in [0.15, 0.2) is 54.6 Å². The molecule has 1 saturated heterocycles. The molecule has 2 aromatic rings. The summed E-state index contributed by atoms with van der Waals surface area (Å²) in [5.41, 5.74) is 2.01. The number of hydrogen-bond donors (Lipinski definition) is 1. The van der Waals surface area contributed by atoms with Crippen LogP contribution in [0.4, 0.5) is 10.5 Å². The molecular weight excluding hydrogens is 482 g/mol. The summed E-state index contributed by atoms with van der Waals surface area (Å²) in [5.74, 6) is -0.0471. The molecule has 1 aliphatic heterocycles. The van der Waals surface area contributed by atoms with E-state index in [1.165, 1.54) is 0 Å². The molecule has 0 saturated carbocycles. The minimum absolute atomic E-state index is 0.0262. The van der Waals surface area contributed by atoms with Gasteiger partial charge in [0.25, 0.3) is 0 Å². The first-order valence-electron chi connectivity index (χ1n) is 13.0. The number of benzene rings is 2. The van der Waals surface area contributed by atoms with Crippen LogP contribution in [-0.2, 0) is 9.53 Å². The third-order valence-electron chi connectivity index (χ3n) is 6.07. The number of aliphatic carboxylic acids is 1. The van der Waals surface area contributed by atoms with Crippen molar-refractivity contribution < 1.29 is 24.2 Å². The summed E-state index contributed by atoms with van der Waals surface area (Å²) in [6.45, 7) is 7.98. The van der Waals surface area contributed by atoms with Crippen molar-refractivity contribution in [3.8, 4) is 11.8 Å². The number of nitrogens with zero attached hydrogens (tertiary/aromatic N) is 3. The molecule has 1 aliphatic rings. The molecule has 8 heteroatoms. The fourth-order valence-electron chi connectivity index (χ4n) is 4.19. The average Bonchev–Trinajstić information content (AvgIpc) is 2.88. The molecule has 0 spiro atoms. The van der Waals surface area contributed by atoms with E-state index in [0.29, 0.717) is 38.2 Å². The van der Waals surface area contributed by atoms with Gasteiger partial charge < -0.3 is 24.4 Å². The first-order chi connectivity index (χ1) is 18.1. The molecule has 0 unspecified atom stereocenters. The number of amides is 1. The zero-order valence-electron chi connectivity index (χ0n) is 22.4. The summed E-state index contributed by atoms with van der Waals surface area (Å²) in [6, 6.07) is 17.4. The van der Waals surface area contributed by atoms with Crippen LogP contribution in [-0.4, -0.2) is 60.0 Å². The van der Waals surface area contributed by atoms with Crippen molar-refractivity contribution in [3.63, 3.8) is 0 Å². The Morgan fingerprint density at radius 2 is 1.87 bits per heavy atom. The second-order valence-electron chi connectivity index (χ2n) is 10.4. The second-order valence-corrected chi connectivity index (χ2v) is 10.4. The number of carboxylic acid groups (broad SMARTS) is 1. The molecule has 202 valence electrons. The van der Waals surface area contributed by atoms with Crippen LogP contribution in [0.1, 0.15) is 57.6 Å². The van der Waals surface area contributed by atoms with Crippen molar-refractivity contribution in [1.29, 1.82) is 5.26 Å². The third kappa shape index (κ3) is 9.47. The molecule has 3 rings (SSSR count). The predicted octanol–water partition coefficient (Wildman–Crippen LogP) is 5.72. The van der Waals surface area contributed by atoms with Crippen molar-refractivity contribution >= 4 is 23.8 Å². The van der Waals surface area contributed by atoms with Gasteiger partial charge in [0, 0.05) is 51.1 Å². The van der Waals surface area contributed by atoms with E-state index in [2.05, 4.69) is 11.0 Å². The second kappa shape index (κ2) is 13.5. The maximum Gasteiger partial charge on any atom is 0.410 e. The largest absolute Gasteiger partial charge is 0.490 e. The average molecular weight is 520 g/mol. The SMILES string of the molecule is CC(C)(C)OC(=O)N1CCC(Oc2ccc(N(CC=Cc3cccc(C#N)c3)CCCC(=O)O)cc2)CC1. The van der Waals surface area contributed by atoms with Gasteiger partial charge in [-0.25, -0.2) is 4.79 Å². The first-order valence-corrected chi connectivity index (χ1v) is 13.0. The Labute approximate surface area is 225 Å². The van der Waals surface area contributed by atoms with Crippen LogP contribution < -0.4 is 9.64 Å². The van der Waals surface area contributed by atoms with E-state index in [0.717, 1.165) is 29.8 Å². The number of likely N-dealkylation sites (tertiary alicyclic amines) is 1. The maximum absolute atomic E-state index is 12.3. The van der Waals surface area contributed by atoms with Crippen LogP contribution in [0.3, 0.4) is 0 Å². The Kier molecular flexibility index (Phi) is 10.2. The van der Waals surface area contributed by atoms with Gasteiger partial charge in [-0.1, -0.05) is 24.3 Å². The number of rotatable bonds is 10. The smallest absolute Gasteiger partial charge is 0.410 e. The molecule has 1 heterocycles. The van der Waals surface area contributed by atoms with Crippen molar-refractivity contribution in [2.45, 2.75) is 58.2 Å². The lowest BCUT2D eigenvalue weighted by Crippen LogP contribution is -2.44. The molecule has 1 amide bonds. The Morgan fingerprint density at radius 1 is 1.16 bits per heavy atom. The van der Waals surface area contributed by atoms with E-state index < -0.39 is 11.6 Å². The fraction of sp³-hybridized carbons (Fsp3) is 0.433. The van der Waals surface area contributed by atoms with E-state index in [1.54, 1.807) is 11.0 Å². The van der Waals surface area contributed by atoms with E-state index in [-0.39, 0.29) is 18.6 Å². The highest BCUT2D eigenvalue weighted by molar-refractivity contribution is 5.68. The highest BCUT2D eigenvalue weighted by atomic mass is 16.6. The minimum Gasteiger partial charge on any atom is -0.490 e. The molecule has 1 N–H and O–H groups in total. The Balaban J connectivity index is 1.57. The predicted molar refractivity (Wildman–Crippen MR) is 147 cm³/mol. The topological polar surface area (TPSA) is 103 Å². The zero-order valence-corrected chi connectivity index (χ0v) is 22.4. The van der Waals surface area contributed by atoms with Gasteiger partial charge in [0.15, 0.2) is 0 Å². The number of carboxylic acids is 1. The summed E-state index contributed by atoms with van der Waals surface area (Å²) in [7, 11) is 0. The van der Waals surface area contributed by atoms with Crippen molar-refractivity contribution in [2.75, 3.05) is 31.1 Å². The minimum atomic E-state index is -0.810. The van der Waals surface area contributed by atoms with Crippen LogP contribution in [0, 0.1) is 11.3 Å². The van der Waals surface area contributed by atoms with Gasteiger partial charge in [0.05, 0.1) is 11.6 Å². The van der Waals surface area contributed by atoms with Gasteiger partial charge in [0.2, 0.25) is 0 Å². The first kappa shape index (κ1) is 28.6. The molecule has 0 aliphatic carbocycles. The standard InChI is InChI=1S/C30H37N3O5/c1-30(2,3)38-29(36)33-19-15-27(16-20-33)37-26-13-11-25(12-14-26)32(18-6-10-28(34)35)17-5-9-23-7-4-8-24(21-23)22-31/h4-5,7-9,11-14,21,27H,6,10,15-20H2,1-3H3,(H,34,35). The summed E-state index contributed by atoms with van der Waals surface area (Å²) < 4.78 is 11.6. The van der Waals surface area contributed by atoms with Crippen LogP contribution >= 0.6 is 0 Å². The zero-order chi connectivity index (χ0) is 27.5. The van der Waals surface area contributed by atoms with E-state index in [1.807, 2.05) is 75.4 Å². The van der Waals surface area contributed by atoms with Crippen LogP contribution in [0.2, 0.25) is 0 Å². The van der Waals surface area contributed by atoms with Crippen molar-refractivity contribution in [3.05, 3.63) is 65.7 Å². The summed E-state index contributed by atoms with van der Waals surface area (Å²) >= 11 is 0. The normalized spacial score (nSPS) is 14.2. The number of carbonyl (C=O) groups excluding carboxylic acids is 1. The van der Waals surface area contributed by atoms with Gasteiger partial charge in [-0.15, -0.1) is 0 Å².